The highest BCUT2D eigenvalue weighted by Crippen LogP contribution is 2.20. The van der Waals surface area contributed by atoms with Gasteiger partial charge in [-0.2, -0.15) is 0 Å². The van der Waals surface area contributed by atoms with E-state index in [2.05, 4.69) is 23.6 Å². The SMILES string of the molecule is CCC(CC)C(CN=C(N)N1CCOCC1)N1CCOCC1. The van der Waals surface area contributed by atoms with E-state index in [9.17, 15) is 0 Å². The van der Waals surface area contributed by atoms with Crippen molar-refractivity contribution in [3.63, 3.8) is 0 Å². The summed E-state index contributed by atoms with van der Waals surface area (Å²) in [7, 11) is 0. The minimum atomic E-state index is 0.471. The van der Waals surface area contributed by atoms with E-state index in [0.717, 1.165) is 59.2 Å². The highest BCUT2D eigenvalue weighted by molar-refractivity contribution is 5.78. The molecule has 0 spiro atoms. The summed E-state index contributed by atoms with van der Waals surface area (Å²) < 4.78 is 10.9. The van der Waals surface area contributed by atoms with Crippen LogP contribution < -0.4 is 5.73 Å². The predicted octanol–water partition coefficient (Wildman–Crippen LogP) is 0.770. The Balaban J connectivity index is 1.97. The number of rotatable bonds is 6. The van der Waals surface area contributed by atoms with Crippen LogP contribution in [0.2, 0.25) is 0 Å². The Labute approximate surface area is 134 Å². The van der Waals surface area contributed by atoms with Crippen LogP contribution in [-0.2, 0) is 9.47 Å². The number of nitrogens with zero attached hydrogens (tertiary/aromatic N) is 3. The van der Waals surface area contributed by atoms with Crippen molar-refractivity contribution in [3.8, 4) is 0 Å². The molecule has 0 aliphatic carbocycles. The van der Waals surface area contributed by atoms with Crippen LogP contribution in [0.3, 0.4) is 0 Å². The highest BCUT2D eigenvalue weighted by atomic mass is 16.5. The van der Waals surface area contributed by atoms with Crippen molar-refractivity contribution in [1.82, 2.24) is 9.80 Å². The van der Waals surface area contributed by atoms with E-state index in [1.54, 1.807) is 0 Å². The molecule has 0 radical (unpaired) electrons. The standard InChI is InChI=1S/C16H32N4O2/c1-3-14(4-2)15(19-5-9-21-10-6-19)13-18-16(17)20-7-11-22-12-8-20/h14-15H,3-13H2,1-2H3,(H2,17,18). The number of ether oxygens (including phenoxy) is 2. The van der Waals surface area contributed by atoms with Gasteiger partial charge in [0.25, 0.3) is 0 Å². The minimum absolute atomic E-state index is 0.471. The van der Waals surface area contributed by atoms with Gasteiger partial charge < -0.3 is 20.1 Å². The van der Waals surface area contributed by atoms with Crippen molar-refractivity contribution in [3.05, 3.63) is 0 Å². The lowest BCUT2D eigenvalue weighted by Gasteiger charge is -2.38. The van der Waals surface area contributed by atoms with Gasteiger partial charge in [0, 0.05) is 32.2 Å². The molecule has 0 aromatic carbocycles. The second kappa shape index (κ2) is 9.33. The molecule has 6 heteroatoms. The Morgan fingerprint density at radius 2 is 1.55 bits per heavy atom. The maximum Gasteiger partial charge on any atom is 0.191 e. The molecule has 2 saturated heterocycles. The third kappa shape index (κ3) is 4.83. The average Bonchev–Trinajstić information content (AvgIpc) is 2.60. The normalized spacial score (nSPS) is 23.0. The zero-order chi connectivity index (χ0) is 15.8. The lowest BCUT2D eigenvalue weighted by atomic mass is 9.92. The van der Waals surface area contributed by atoms with Crippen LogP contribution in [0.4, 0.5) is 0 Å². The number of morpholine rings is 2. The van der Waals surface area contributed by atoms with Crippen molar-refractivity contribution >= 4 is 5.96 Å². The van der Waals surface area contributed by atoms with Crippen molar-refractivity contribution in [2.45, 2.75) is 32.7 Å². The number of hydrogen-bond donors (Lipinski definition) is 1. The van der Waals surface area contributed by atoms with E-state index < -0.39 is 0 Å². The molecule has 2 N–H and O–H groups in total. The quantitative estimate of drug-likeness (QED) is 0.580. The third-order valence-corrected chi connectivity index (χ3v) is 4.88. The predicted molar refractivity (Wildman–Crippen MR) is 89.1 cm³/mol. The first-order valence-electron chi connectivity index (χ1n) is 8.70. The van der Waals surface area contributed by atoms with Crippen LogP contribution in [0.5, 0.6) is 0 Å². The molecule has 2 aliphatic heterocycles. The van der Waals surface area contributed by atoms with Gasteiger partial charge in [0.1, 0.15) is 0 Å². The van der Waals surface area contributed by atoms with Crippen LogP contribution in [0.25, 0.3) is 0 Å². The van der Waals surface area contributed by atoms with Gasteiger partial charge in [0.15, 0.2) is 5.96 Å². The maximum atomic E-state index is 6.19. The van der Waals surface area contributed by atoms with Gasteiger partial charge in [-0.25, -0.2) is 0 Å². The van der Waals surface area contributed by atoms with Crippen LogP contribution in [0.15, 0.2) is 4.99 Å². The van der Waals surface area contributed by atoms with Crippen LogP contribution >= 0.6 is 0 Å². The summed E-state index contributed by atoms with van der Waals surface area (Å²) in [5.41, 5.74) is 6.19. The first kappa shape index (κ1) is 17.5. The van der Waals surface area contributed by atoms with E-state index in [1.165, 1.54) is 12.8 Å². The van der Waals surface area contributed by atoms with Crippen molar-refractivity contribution in [2.24, 2.45) is 16.6 Å². The molecule has 0 bridgehead atoms. The molecule has 2 fully saturated rings. The molecule has 128 valence electrons. The number of aliphatic imine (C=N–C) groups is 1. The lowest BCUT2D eigenvalue weighted by molar-refractivity contribution is 0.00384. The fraction of sp³-hybridized carbons (Fsp3) is 0.938. The van der Waals surface area contributed by atoms with E-state index in [4.69, 9.17) is 20.2 Å². The minimum Gasteiger partial charge on any atom is -0.379 e. The highest BCUT2D eigenvalue weighted by Gasteiger charge is 2.27. The monoisotopic (exact) mass is 312 g/mol. The van der Waals surface area contributed by atoms with Gasteiger partial charge in [0.05, 0.1) is 33.0 Å². The van der Waals surface area contributed by atoms with Gasteiger partial charge in [-0.1, -0.05) is 26.7 Å². The van der Waals surface area contributed by atoms with Crippen LogP contribution in [0, 0.1) is 5.92 Å². The molecular formula is C16H32N4O2. The molecule has 1 unspecified atom stereocenters. The summed E-state index contributed by atoms with van der Waals surface area (Å²) in [6.45, 7) is 12.2. The summed E-state index contributed by atoms with van der Waals surface area (Å²) in [6.07, 6.45) is 2.37. The number of guanidine groups is 1. The Bertz CT molecular complexity index is 335. The molecule has 1 atom stereocenters. The number of nitrogens with two attached hydrogens (primary N) is 1. The summed E-state index contributed by atoms with van der Waals surface area (Å²) in [5, 5.41) is 0. The van der Waals surface area contributed by atoms with Gasteiger partial charge in [0.2, 0.25) is 0 Å². The largest absolute Gasteiger partial charge is 0.379 e. The third-order valence-electron chi connectivity index (χ3n) is 4.88. The lowest BCUT2D eigenvalue weighted by Crippen LogP contribution is -2.49. The summed E-state index contributed by atoms with van der Waals surface area (Å²) in [5.74, 6) is 1.34. The van der Waals surface area contributed by atoms with E-state index in [0.29, 0.717) is 17.9 Å². The smallest absolute Gasteiger partial charge is 0.191 e. The average molecular weight is 312 g/mol. The van der Waals surface area contributed by atoms with Gasteiger partial charge in [-0.05, 0) is 5.92 Å². The zero-order valence-corrected chi connectivity index (χ0v) is 14.2. The fourth-order valence-corrected chi connectivity index (χ4v) is 3.38. The Morgan fingerprint density at radius 3 is 2.09 bits per heavy atom. The molecular weight excluding hydrogens is 280 g/mol. The number of hydrogen-bond acceptors (Lipinski definition) is 4. The van der Waals surface area contributed by atoms with E-state index in [-0.39, 0.29) is 0 Å². The Morgan fingerprint density at radius 1 is 1.00 bits per heavy atom. The van der Waals surface area contributed by atoms with Gasteiger partial charge in [-0.3, -0.25) is 9.89 Å². The van der Waals surface area contributed by atoms with Crippen molar-refractivity contribution in [2.75, 3.05) is 59.2 Å². The first-order valence-corrected chi connectivity index (χ1v) is 8.70. The fourth-order valence-electron chi connectivity index (χ4n) is 3.38. The molecule has 0 aromatic heterocycles. The molecule has 0 amide bonds. The van der Waals surface area contributed by atoms with Gasteiger partial charge in [-0.15, -0.1) is 0 Å². The molecule has 2 heterocycles. The van der Waals surface area contributed by atoms with Crippen molar-refractivity contribution < 1.29 is 9.47 Å². The molecule has 22 heavy (non-hydrogen) atoms. The van der Waals surface area contributed by atoms with Gasteiger partial charge >= 0.3 is 0 Å². The first-order chi connectivity index (χ1) is 10.8. The van der Waals surface area contributed by atoms with Crippen LogP contribution in [0.1, 0.15) is 26.7 Å². The summed E-state index contributed by atoms with van der Waals surface area (Å²) >= 11 is 0. The summed E-state index contributed by atoms with van der Waals surface area (Å²) in [4.78, 5) is 9.39. The molecule has 2 aliphatic rings. The van der Waals surface area contributed by atoms with E-state index >= 15 is 0 Å². The zero-order valence-electron chi connectivity index (χ0n) is 14.2. The maximum absolute atomic E-state index is 6.19. The topological polar surface area (TPSA) is 63.3 Å². The van der Waals surface area contributed by atoms with Crippen LogP contribution in [-0.4, -0.2) is 81.0 Å². The summed E-state index contributed by atoms with van der Waals surface area (Å²) in [6, 6.07) is 0.471. The molecule has 2 rings (SSSR count). The molecule has 6 nitrogen and oxygen atoms in total. The van der Waals surface area contributed by atoms with E-state index in [1.807, 2.05) is 0 Å². The second-order valence-electron chi connectivity index (χ2n) is 6.09. The molecule has 0 saturated carbocycles. The molecule has 0 aromatic rings. The van der Waals surface area contributed by atoms with Crippen molar-refractivity contribution in [1.29, 1.82) is 0 Å². The second-order valence-corrected chi connectivity index (χ2v) is 6.09. The Kier molecular flexibility index (Phi) is 7.42. The Hall–Kier alpha value is -0.850.